The van der Waals surface area contributed by atoms with Gasteiger partial charge in [0.2, 0.25) is 0 Å². The molecule has 1 aliphatic carbocycles. The Hall–Kier alpha value is -1.53. The van der Waals surface area contributed by atoms with Gasteiger partial charge >= 0.3 is 12.1 Å². The summed E-state index contributed by atoms with van der Waals surface area (Å²) >= 11 is 0. The van der Waals surface area contributed by atoms with E-state index in [1.165, 1.54) is 6.08 Å². The fourth-order valence-corrected chi connectivity index (χ4v) is 1.98. The Kier molecular flexibility index (Phi) is 5.59. The first kappa shape index (κ1) is 16.5. The second kappa shape index (κ2) is 6.76. The van der Waals surface area contributed by atoms with Crippen molar-refractivity contribution in [3.8, 4) is 0 Å². The van der Waals surface area contributed by atoms with Crippen molar-refractivity contribution < 1.29 is 31.8 Å². The number of methoxy groups -OCH3 is 1. The number of allylic oxidation sites excluding steroid dienone is 3. The zero-order chi connectivity index (χ0) is 15.3. The number of rotatable bonds is 5. The highest BCUT2D eigenvalue weighted by atomic mass is 19.4. The summed E-state index contributed by atoms with van der Waals surface area (Å²) in [5, 5.41) is 0. The normalized spacial score (nSPS) is 22.9. The van der Waals surface area contributed by atoms with Crippen LogP contribution in [-0.4, -0.2) is 32.0 Å². The van der Waals surface area contributed by atoms with Crippen LogP contribution in [0.3, 0.4) is 0 Å². The van der Waals surface area contributed by atoms with Crippen LogP contribution in [0.1, 0.15) is 19.8 Å². The number of ether oxygens (including phenoxy) is 2. The van der Waals surface area contributed by atoms with Crippen LogP contribution in [0.5, 0.6) is 0 Å². The topological polar surface area (TPSA) is 35.5 Å². The van der Waals surface area contributed by atoms with E-state index in [1.54, 1.807) is 6.92 Å². The van der Waals surface area contributed by atoms with Crippen molar-refractivity contribution in [1.29, 1.82) is 0 Å². The SMILES string of the molecule is CCOC(=O)CCC1C=CC(OC)=C(C(F)(F)F)C1F. The monoisotopic (exact) mass is 296 g/mol. The van der Waals surface area contributed by atoms with E-state index in [2.05, 4.69) is 9.47 Å². The average molecular weight is 296 g/mol. The van der Waals surface area contributed by atoms with E-state index in [0.29, 0.717) is 0 Å². The predicted molar refractivity (Wildman–Crippen MR) is 63.5 cm³/mol. The summed E-state index contributed by atoms with van der Waals surface area (Å²) in [6.07, 6.45) is -4.85. The maximum absolute atomic E-state index is 14.0. The molecule has 3 nitrogen and oxygen atoms in total. The van der Waals surface area contributed by atoms with Crippen LogP contribution in [0.25, 0.3) is 0 Å². The van der Waals surface area contributed by atoms with Crippen LogP contribution in [0.15, 0.2) is 23.5 Å². The molecule has 2 atom stereocenters. The van der Waals surface area contributed by atoms with E-state index in [4.69, 9.17) is 0 Å². The first-order valence-corrected chi connectivity index (χ1v) is 6.14. The van der Waals surface area contributed by atoms with Gasteiger partial charge in [0.25, 0.3) is 0 Å². The van der Waals surface area contributed by atoms with Crippen molar-refractivity contribution in [3.63, 3.8) is 0 Å². The minimum atomic E-state index is -4.81. The highest BCUT2D eigenvalue weighted by molar-refractivity contribution is 5.69. The highest BCUT2D eigenvalue weighted by Gasteiger charge is 2.46. The van der Waals surface area contributed by atoms with Gasteiger partial charge in [0, 0.05) is 12.3 Å². The van der Waals surface area contributed by atoms with Crippen LogP contribution in [0, 0.1) is 5.92 Å². The van der Waals surface area contributed by atoms with Crippen molar-refractivity contribution in [2.45, 2.75) is 32.1 Å². The summed E-state index contributed by atoms with van der Waals surface area (Å²) in [7, 11) is 1.05. The lowest BCUT2D eigenvalue weighted by atomic mass is 9.87. The molecule has 0 saturated carbocycles. The largest absolute Gasteiger partial charge is 0.496 e. The van der Waals surface area contributed by atoms with Gasteiger partial charge in [0.1, 0.15) is 17.5 Å². The zero-order valence-electron chi connectivity index (χ0n) is 11.2. The summed E-state index contributed by atoms with van der Waals surface area (Å²) in [4.78, 5) is 11.2. The Balaban J connectivity index is 2.79. The summed E-state index contributed by atoms with van der Waals surface area (Å²) in [6, 6.07) is 0. The van der Waals surface area contributed by atoms with Crippen molar-refractivity contribution in [1.82, 2.24) is 0 Å². The number of halogens is 4. The van der Waals surface area contributed by atoms with Crippen LogP contribution in [0.4, 0.5) is 17.6 Å². The smallest absolute Gasteiger partial charge is 0.419 e. The fourth-order valence-electron chi connectivity index (χ4n) is 1.98. The molecule has 0 N–H and O–H groups in total. The lowest BCUT2D eigenvalue weighted by Gasteiger charge is -2.27. The minimum Gasteiger partial charge on any atom is -0.496 e. The molecule has 0 heterocycles. The van der Waals surface area contributed by atoms with Crippen molar-refractivity contribution in [2.24, 2.45) is 5.92 Å². The molecule has 0 aromatic rings. The quantitative estimate of drug-likeness (QED) is 0.577. The molecule has 1 aliphatic rings. The van der Waals surface area contributed by atoms with Crippen LogP contribution in [-0.2, 0) is 14.3 Å². The minimum absolute atomic E-state index is 0.0485. The third kappa shape index (κ3) is 3.98. The standard InChI is InChI=1S/C13H16F4O3/c1-3-20-10(18)7-5-8-4-6-9(19-2)11(12(8)14)13(15,16)17/h4,6,8,12H,3,5,7H2,1-2H3. The fraction of sp³-hybridized carbons (Fsp3) is 0.615. The van der Waals surface area contributed by atoms with E-state index in [1.807, 2.05) is 0 Å². The molecule has 0 amide bonds. The zero-order valence-corrected chi connectivity index (χ0v) is 11.2. The van der Waals surface area contributed by atoms with E-state index in [-0.39, 0.29) is 19.4 Å². The lowest BCUT2D eigenvalue weighted by molar-refractivity contribution is -0.143. The molecule has 0 saturated heterocycles. The van der Waals surface area contributed by atoms with E-state index >= 15 is 0 Å². The van der Waals surface area contributed by atoms with Crippen LogP contribution < -0.4 is 0 Å². The maximum atomic E-state index is 14.0. The van der Waals surface area contributed by atoms with Crippen LogP contribution >= 0.6 is 0 Å². The van der Waals surface area contributed by atoms with Gasteiger partial charge in [-0.25, -0.2) is 4.39 Å². The molecule has 20 heavy (non-hydrogen) atoms. The Morgan fingerprint density at radius 1 is 1.40 bits per heavy atom. The number of esters is 1. The van der Waals surface area contributed by atoms with Crippen molar-refractivity contribution in [2.75, 3.05) is 13.7 Å². The summed E-state index contributed by atoms with van der Waals surface area (Å²) in [6.45, 7) is 1.80. The molecule has 1 rings (SSSR count). The molecular formula is C13H16F4O3. The Morgan fingerprint density at radius 2 is 2.05 bits per heavy atom. The van der Waals surface area contributed by atoms with Gasteiger partial charge in [0.15, 0.2) is 0 Å². The van der Waals surface area contributed by atoms with Crippen molar-refractivity contribution >= 4 is 5.97 Å². The molecular weight excluding hydrogens is 280 g/mol. The van der Waals surface area contributed by atoms with Gasteiger partial charge in [-0.05, 0) is 19.4 Å². The number of hydrogen-bond donors (Lipinski definition) is 0. The van der Waals surface area contributed by atoms with Gasteiger partial charge in [-0.3, -0.25) is 4.79 Å². The number of carbonyl (C=O) groups excluding carboxylic acids is 1. The van der Waals surface area contributed by atoms with E-state index < -0.39 is 35.6 Å². The third-order valence-electron chi connectivity index (χ3n) is 2.92. The lowest BCUT2D eigenvalue weighted by Crippen LogP contribution is -2.31. The molecule has 0 spiro atoms. The summed E-state index contributed by atoms with van der Waals surface area (Å²) in [5.41, 5.74) is -1.34. The maximum Gasteiger partial charge on any atom is 0.419 e. The molecule has 0 bridgehead atoms. The first-order valence-electron chi connectivity index (χ1n) is 6.14. The summed E-state index contributed by atoms with van der Waals surface area (Å²) in [5.74, 6) is -2.10. The molecule has 114 valence electrons. The van der Waals surface area contributed by atoms with Crippen LogP contribution in [0.2, 0.25) is 0 Å². The first-order chi connectivity index (χ1) is 9.31. The number of hydrogen-bond acceptors (Lipinski definition) is 3. The Labute approximate surface area is 114 Å². The Morgan fingerprint density at radius 3 is 2.55 bits per heavy atom. The molecule has 0 radical (unpaired) electrons. The second-order valence-corrected chi connectivity index (χ2v) is 4.25. The molecule has 7 heteroatoms. The number of carbonyl (C=O) groups is 1. The van der Waals surface area contributed by atoms with Gasteiger partial charge in [-0.15, -0.1) is 0 Å². The van der Waals surface area contributed by atoms with Gasteiger partial charge in [0.05, 0.1) is 13.7 Å². The summed E-state index contributed by atoms with van der Waals surface area (Å²) < 4.78 is 61.7. The van der Waals surface area contributed by atoms with Gasteiger partial charge in [-0.2, -0.15) is 13.2 Å². The predicted octanol–water partition coefficient (Wildman–Crippen LogP) is 3.32. The van der Waals surface area contributed by atoms with E-state index in [0.717, 1.165) is 13.2 Å². The molecule has 0 fully saturated rings. The van der Waals surface area contributed by atoms with Gasteiger partial charge in [-0.1, -0.05) is 6.08 Å². The average Bonchev–Trinajstić information content (AvgIpc) is 2.35. The molecule has 2 unspecified atom stereocenters. The number of alkyl halides is 4. The Bertz CT molecular complexity index is 412. The molecule has 0 aromatic heterocycles. The van der Waals surface area contributed by atoms with Gasteiger partial charge < -0.3 is 9.47 Å². The second-order valence-electron chi connectivity index (χ2n) is 4.25. The molecule has 0 aromatic carbocycles. The van der Waals surface area contributed by atoms with Crippen molar-refractivity contribution in [3.05, 3.63) is 23.5 Å². The molecule has 0 aliphatic heterocycles. The highest BCUT2D eigenvalue weighted by Crippen LogP contribution is 2.40. The third-order valence-corrected chi connectivity index (χ3v) is 2.92. The van der Waals surface area contributed by atoms with E-state index in [9.17, 15) is 22.4 Å².